The van der Waals surface area contributed by atoms with E-state index in [0.29, 0.717) is 6.61 Å². The third kappa shape index (κ3) is 6.18. The Balaban J connectivity index is 2.10. The Kier molecular flexibility index (Phi) is 7.70. The van der Waals surface area contributed by atoms with Crippen molar-refractivity contribution in [3.8, 4) is 0 Å². The van der Waals surface area contributed by atoms with Crippen LogP contribution in [0.3, 0.4) is 0 Å². The van der Waals surface area contributed by atoms with Crippen LogP contribution in [0.5, 0.6) is 0 Å². The first-order valence-corrected chi connectivity index (χ1v) is 7.06. The molecule has 0 fully saturated rings. The van der Waals surface area contributed by atoms with Crippen molar-refractivity contribution >= 4 is 0 Å². The van der Waals surface area contributed by atoms with E-state index >= 15 is 0 Å². The van der Waals surface area contributed by atoms with E-state index in [1.54, 1.807) is 0 Å². The predicted molar refractivity (Wildman–Crippen MR) is 75.7 cm³/mol. The molecule has 2 heteroatoms. The molecule has 18 heavy (non-hydrogen) atoms. The number of benzene rings is 1. The van der Waals surface area contributed by atoms with Crippen molar-refractivity contribution < 1.29 is 9.84 Å². The minimum atomic E-state index is -0.499. The van der Waals surface area contributed by atoms with Gasteiger partial charge in [-0.15, -0.1) is 0 Å². The highest BCUT2D eigenvalue weighted by atomic mass is 16.5. The van der Waals surface area contributed by atoms with Gasteiger partial charge in [-0.1, -0.05) is 62.4 Å². The largest absolute Gasteiger partial charge is 0.386 e. The van der Waals surface area contributed by atoms with Gasteiger partial charge in [-0.2, -0.15) is 0 Å². The third-order valence-electron chi connectivity index (χ3n) is 3.13. The molecule has 0 radical (unpaired) electrons. The van der Waals surface area contributed by atoms with Crippen LogP contribution in [0, 0.1) is 6.92 Å². The number of aliphatic hydroxyl groups is 1. The summed E-state index contributed by atoms with van der Waals surface area (Å²) in [6.45, 7) is 5.42. The smallest absolute Gasteiger partial charge is 0.102 e. The molecule has 0 spiro atoms. The molecule has 1 unspecified atom stereocenters. The highest BCUT2D eigenvalue weighted by molar-refractivity contribution is 5.23. The second-order valence-electron chi connectivity index (χ2n) is 4.92. The monoisotopic (exact) mass is 250 g/mol. The summed E-state index contributed by atoms with van der Waals surface area (Å²) in [5, 5.41) is 9.93. The van der Waals surface area contributed by atoms with Gasteiger partial charge in [-0.25, -0.2) is 0 Å². The molecule has 0 saturated heterocycles. The van der Waals surface area contributed by atoms with Gasteiger partial charge in [-0.3, -0.25) is 0 Å². The maximum absolute atomic E-state index is 9.93. The van der Waals surface area contributed by atoms with Gasteiger partial charge in [0.1, 0.15) is 6.10 Å². The van der Waals surface area contributed by atoms with E-state index in [2.05, 4.69) is 6.92 Å². The van der Waals surface area contributed by atoms with Crippen LogP contribution in [0.1, 0.15) is 56.3 Å². The van der Waals surface area contributed by atoms with Gasteiger partial charge in [0.15, 0.2) is 0 Å². The van der Waals surface area contributed by atoms with Crippen LogP contribution >= 0.6 is 0 Å². The fraction of sp³-hybridized carbons (Fsp3) is 0.625. The fourth-order valence-corrected chi connectivity index (χ4v) is 1.89. The molecule has 0 heterocycles. The minimum absolute atomic E-state index is 0.400. The molecule has 2 nitrogen and oxygen atoms in total. The van der Waals surface area contributed by atoms with E-state index in [-0.39, 0.29) is 0 Å². The molecule has 0 aromatic heterocycles. The van der Waals surface area contributed by atoms with Gasteiger partial charge in [-0.05, 0) is 18.9 Å². The van der Waals surface area contributed by atoms with E-state index in [1.165, 1.54) is 31.2 Å². The number of aliphatic hydroxyl groups excluding tert-OH is 1. The Morgan fingerprint density at radius 3 is 2.39 bits per heavy atom. The average Bonchev–Trinajstić information content (AvgIpc) is 2.38. The summed E-state index contributed by atoms with van der Waals surface area (Å²) in [7, 11) is 0. The third-order valence-corrected chi connectivity index (χ3v) is 3.13. The Morgan fingerprint density at radius 2 is 1.72 bits per heavy atom. The number of unbranched alkanes of at least 4 members (excludes halogenated alkanes) is 4. The highest BCUT2D eigenvalue weighted by Gasteiger charge is 2.06. The van der Waals surface area contributed by atoms with Crippen molar-refractivity contribution in [3.05, 3.63) is 35.4 Å². The lowest BCUT2D eigenvalue weighted by Crippen LogP contribution is -2.08. The van der Waals surface area contributed by atoms with Gasteiger partial charge in [0, 0.05) is 6.61 Å². The number of ether oxygens (including phenoxy) is 1. The lowest BCUT2D eigenvalue weighted by Gasteiger charge is -2.11. The first kappa shape index (κ1) is 15.2. The molecule has 1 aromatic carbocycles. The average molecular weight is 250 g/mol. The maximum atomic E-state index is 9.93. The number of hydrogen-bond donors (Lipinski definition) is 1. The second-order valence-corrected chi connectivity index (χ2v) is 4.92. The molecule has 0 aliphatic carbocycles. The standard InChI is InChI=1S/C16H26O2/c1-3-4-5-6-7-12-18-13-16(17)15-10-8-14(2)9-11-15/h8-11,16-17H,3-7,12-13H2,1-2H3. The predicted octanol–water partition coefficient (Wildman–Crippen LogP) is 4.02. The topological polar surface area (TPSA) is 29.5 Å². The maximum Gasteiger partial charge on any atom is 0.102 e. The molecule has 1 rings (SSSR count). The Bertz CT molecular complexity index is 305. The zero-order valence-corrected chi connectivity index (χ0v) is 11.7. The summed E-state index contributed by atoms with van der Waals surface area (Å²) in [5.74, 6) is 0. The van der Waals surface area contributed by atoms with Crippen molar-refractivity contribution in [1.82, 2.24) is 0 Å². The van der Waals surface area contributed by atoms with Crippen LogP contribution in [0.25, 0.3) is 0 Å². The molecule has 1 atom stereocenters. The Labute approximate surface area is 111 Å². The molecule has 0 amide bonds. The molecular weight excluding hydrogens is 224 g/mol. The van der Waals surface area contributed by atoms with Crippen molar-refractivity contribution in [2.24, 2.45) is 0 Å². The molecule has 0 bridgehead atoms. The fourth-order valence-electron chi connectivity index (χ4n) is 1.89. The quantitative estimate of drug-likeness (QED) is 0.671. The number of hydrogen-bond acceptors (Lipinski definition) is 2. The Hall–Kier alpha value is -0.860. The lowest BCUT2D eigenvalue weighted by molar-refractivity contribution is 0.0344. The van der Waals surface area contributed by atoms with Crippen LogP contribution in [0.15, 0.2) is 24.3 Å². The van der Waals surface area contributed by atoms with Crippen LogP contribution < -0.4 is 0 Å². The van der Waals surface area contributed by atoms with E-state index < -0.39 is 6.10 Å². The number of rotatable bonds is 9. The molecule has 1 aromatic rings. The van der Waals surface area contributed by atoms with Gasteiger partial charge in [0.05, 0.1) is 6.61 Å². The van der Waals surface area contributed by atoms with Crippen molar-refractivity contribution in [3.63, 3.8) is 0 Å². The van der Waals surface area contributed by atoms with E-state index in [0.717, 1.165) is 18.6 Å². The zero-order valence-electron chi connectivity index (χ0n) is 11.7. The Morgan fingerprint density at radius 1 is 1.06 bits per heavy atom. The molecule has 0 aliphatic rings. The SMILES string of the molecule is CCCCCCCOCC(O)c1ccc(C)cc1. The van der Waals surface area contributed by atoms with Gasteiger partial charge < -0.3 is 9.84 Å². The van der Waals surface area contributed by atoms with E-state index in [1.807, 2.05) is 31.2 Å². The first-order valence-electron chi connectivity index (χ1n) is 7.06. The molecule has 0 saturated carbocycles. The summed E-state index contributed by atoms with van der Waals surface area (Å²) < 4.78 is 5.51. The van der Waals surface area contributed by atoms with Gasteiger partial charge >= 0.3 is 0 Å². The molecule has 0 aliphatic heterocycles. The first-order chi connectivity index (χ1) is 8.74. The molecule has 102 valence electrons. The van der Waals surface area contributed by atoms with Crippen molar-refractivity contribution in [2.75, 3.05) is 13.2 Å². The summed E-state index contributed by atoms with van der Waals surface area (Å²) in [5.41, 5.74) is 2.15. The summed E-state index contributed by atoms with van der Waals surface area (Å²) in [6.07, 6.45) is 5.70. The summed E-state index contributed by atoms with van der Waals surface area (Å²) >= 11 is 0. The normalized spacial score (nSPS) is 12.6. The van der Waals surface area contributed by atoms with Crippen LogP contribution in [0.4, 0.5) is 0 Å². The molecule has 1 N–H and O–H groups in total. The van der Waals surface area contributed by atoms with Crippen LogP contribution in [-0.2, 0) is 4.74 Å². The summed E-state index contributed by atoms with van der Waals surface area (Å²) in [6, 6.07) is 7.96. The van der Waals surface area contributed by atoms with Crippen molar-refractivity contribution in [2.45, 2.75) is 52.1 Å². The zero-order chi connectivity index (χ0) is 13.2. The van der Waals surface area contributed by atoms with E-state index in [4.69, 9.17) is 4.74 Å². The van der Waals surface area contributed by atoms with Crippen molar-refractivity contribution in [1.29, 1.82) is 0 Å². The lowest BCUT2D eigenvalue weighted by atomic mass is 10.1. The minimum Gasteiger partial charge on any atom is -0.386 e. The van der Waals surface area contributed by atoms with Gasteiger partial charge in [0.2, 0.25) is 0 Å². The van der Waals surface area contributed by atoms with E-state index in [9.17, 15) is 5.11 Å². The second kappa shape index (κ2) is 9.12. The highest BCUT2D eigenvalue weighted by Crippen LogP contribution is 2.14. The van der Waals surface area contributed by atoms with Gasteiger partial charge in [0.25, 0.3) is 0 Å². The van der Waals surface area contributed by atoms with Crippen LogP contribution in [0.2, 0.25) is 0 Å². The van der Waals surface area contributed by atoms with Crippen LogP contribution in [-0.4, -0.2) is 18.3 Å². The summed E-state index contributed by atoms with van der Waals surface area (Å²) in [4.78, 5) is 0. The molecular formula is C16H26O2. The number of aryl methyl sites for hydroxylation is 1.